The smallest absolute Gasteiger partial charge is 0.269 e. The molecule has 5 rings (SSSR count). The summed E-state index contributed by atoms with van der Waals surface area (Å²) in [5.41, 5.74) is 3.64. The molecule has 1 aromatic heterocycles. The minimum Gasteiger partial charge on any atom is -0.339 e. The number of benzene rings is 3. The van der Waals surface area contributed by atoms with Crippen molar-refractivity contribution in [2.75, 3.05) is 26.2 Å². The molecule has 0 unspecified atom stereocenters. The minimum atomic E-state index is -0.256. The molecule has 2 heterocycles. The molecular formula is C27H26N4O2. The molecule has 1 aliphatic rings. The zero-order chi connectivity index (χ0) is 22.6. The molecule has 33 heavy (non-hydrogen) atoms. The fraction of sp³-hybridized carbons (Fsp3) is 0.222. The van der Waals surface area contributed by atoms with Crippen LogP contribution in [0.4, 0.5) is 0 Å². The van der Waals surface area contributed by atoms with Gasteiger partial charge in [-0.3, -0.25) is 19.1 Å². The number of carbonyl (C=O) groups excluding carboxylic acids is 1. The van der Waals surface area contributed by atoms with Crippen LogP contribution in [0.1, 0.15) is 17.2 Å². The van der Waals surface area contributed by atoms with Gasteiger partial charge >= 0.3 is 0 Å². The second kappa shape index (κ2) is 9.38. The summed E-state index contributed by atoms with van der Waals surface area (Å²) >= 11 is 0. The minimum absolute atomic E-state index is 0.0304. The first-order chi connectivity index (χ1) is 16.2. The van der Waals surface area contributed by atoms with Crippen molar-refractivity contribution in [3.8, 4) is 0 Å². The van der Waals surface area contributed by atoms with Gasteiger partial charge in [0.15, 0.2) is 0 Å². The van der Waals surface area contributed by atoms with Crippen LogP contribution in [0.3, 0.4) is 0 Å². The zero-order valence-corrected chi connectivity index (χ0v) is 18.4. The molecule has 0 saturated carbocycles. The maximum Gasteiger partial charge on any atom is 0.269 e. The first-order valence-electron chi connectivity index (χ1n) is 11.3. The SMILES string of the molecule is O=C(Cn1c(=O)cnc2ccccc21)N1CCN(C(c2ccccc2)c2ccccc2)CC1. The van der Waals surface area contributed by atoms with E-state index in [9.17, 15) is 9.59 Å². The lowest BCUT2D eigenvalue weighted by atomic mass is 9.96. The van der Waals surface area contributed by atoms with Crippen molar-refractivity contribution in [1.29, 1.82) is 0 Å². The highest BCUT2D eigenvalue weighted by atomic mass is 16.2. The van der Waals surface area contributed by atoms with Crippen LogP contribution in [-0.4, -0.2) is 51.4 Å². The molecule has 0 radical (unpaired) electrons. The predicted octanol–water partition coefficient (Wildman–Crippen LogP) is 3.33. The van der Waals surface area contributed by atoms with Crippen LogP contribution in [0.15, 0.2) is 95.9 Å². The molecule has 0 N–H and O–H groups in total. The fourth-order valence-corrected chi connectivity index (χ4v) is 4.63. The Morgan fingerprint density at radius 2 is 1.36 bits per heavy atom. The molecule has 166 valence electrons. The van der Waals surface area contributed by atoms with Gasteiger partial charge in [0.05, 0.1) is 23.3 Å². The summed E-state index contributed by atoms with van der Waals surface area (Å²) in [5, 5.41) is 0. The molecule has 1 saturated heterocycles. The Labute approximate surface area is 192 Å². The lowest BCUT2D eigenvalue weighted by Crippen LogP contribution is -2.51. The molecule has 0 bridgehead atoms. The molecule has 1 fully saturated rings. The van der Waals surface area contributed by atoms with Gasteiger partial charge in [-0.1, -0.05) is 72.8 Å². The zero-order valence-electron chi connectivity index (χ0n) is 18.4. The number of amides is 1. The Hall–Kier alpha value is -3.77. The molecule has 1 amide bonds. The number of nitrogens with zero attached hydrogens (tertiary/aromatic N) is 4. The van der Waals surface area contributed by atoms with E-state index in [2.05, 4.69) is 58.4 Å². The maximum absolute atomic E-state index is 13.1. The molecule has 0 atom stereocenters. The van der Waals surface area contributed by atoms with E-state index in [1.807, 2.05) is 41.3 Å². The predicted molar refractivity (Wildman–Crippen MR) is 129 cm³/mol. The van der Waals surface area contributed by atoms with Gasteiger partial charge in [0, 0.05) is 26.2 Å². The molecule has 3 aromatic carbocycles. The van der Waals surface area contributed by atoms with E-state index >= 15 is 0 Å². The van der Waals surface area contributed by atoms with Crippen molar-refractivity contribution in [2.24, 2.45) is 0 Å². The van der Waals surface area contributed by atoms with Gasteiger partial charge in [0.1, 0.15) is 6.54 Å². The van der Waals surface area contributed by atoms with Crippen LogP contribution in [-0.2, 0) is 11.3 Å². The van der Waals surface area contributed by atoms with Crippen molar-refractivity contribution in [2.45, 2.75) is 12.6 Å². The number of aromatic nitrogens is 2. The second-order valence-corrected chi connectivity index (χ2v) is 8.31. The standard InChI is InChI=1S/C27H26N4O2/c32-25-19-28-23-13-7-8-14-24(23)31(25)20-26(33)29-15-17-30(18-16-29)27(21-9-3-1-4-10-21)22-11-5-2-6-12-22/h1-14,19,27H,15-18,20H2. The van der Waals surface area contributed by atoms with E-state index in [1.54, 1.807) is 0 Å². The fourth-order valence-electron chi connectivity index (χ4n) is 4.63. The van der Waals surface area contributed by atoms with Crippen LogP contribution in [0.25, 0.3) is 11.0 Å². The number of carbonyl (C=O) groups is 1. The molecule has 6 nitrogen and oxygen atoms in total. The monoisotopic (exact) mass is 438 g/mol. The Kier molecular flexibility index (Phi) is 6.00. The first-order valence-corrected chi connectivity index (χ1v) is 11.3. The molecule has 0 aliphatic carbocycles. The van der Waals surface area contributed by atoms with E-state index in [4.69, 9.17) is 0 Å². The van der Waals surface area contributed by atoms with Crippen molar-refractivity contribution in [3.63, 3.8) is 0 Å². The first kappa shape index (κ1) is 21.1. The molecule has 4 aromatic rings. The summed E-state index contributed by atoms with van der Waals surface area (Å²) in [4.78, 5) is 34.0. The van der Waals surface area contributed by atoms with E-state index in [1.165, 1.54) is 21.9 Å². The van der Waals surface area contributed by atoms with Gasteiger partial charge in [-0.25, -0.2) is 4.98 Å². The molecule has 0 spiro atoms. The van der Waals surface area contributed by atoms with Crippen LogP contribution in [0, 0.1) is 0 Å². The van der Waals surface area contributed by atoms with Crippen molar-refractivity contribution in [1.82, 2.24) is 19.4 Å². The number of rotatable bonds is 5. The number of hydrogen-bond acceptors (Lipinski definition) is 4. The van der Waals surface area contributed by atoms with Crippen LogP contribution in [0.5, 0.6) is 0 Å². The Bertz CT molecular complexity index is 1260. The van der Waals surface area contributed by atoms with E-state index < -0.39 is 0 Å². The van der Waals surface area contributed by atoms with Crippen LogP contribution < -0.4 is 5.56 Å². The third-order valence-electron chi connectivity index (χ3n) is 6.31. The number of para-hydroxylation sites is 2. The summed E-state index contributed by atoms with van der Waals surface area (Å²) in [6, 6.07) is 28.6. The van der Waals surface area contributed by atoms with Crippen molar-refractivity contribution < 1.29 is 4.79 Å². The lowest BCUT2D eigenvalue weighted by Gasteiger charge is -2.40. The van der Waals surface area contributed by atoms with Gasteiger partial charge in [-0.2, -0.15) is 0 Å². The highest BCUT2D eigenvalue weighted by Crippen LogP contribution is 2.29. The summed E-state index contributed by atoms with van der Waals surface area (Å²) in [5.74, 6) is -0.0379. The highest BCUT2D eigenvalue weighted by molar-refractivity contribution is 5.80. The van der Waals surface area contributed by atoms with Crippen molar-refractivity contribution >= 4 is 16.9 Å². The topological polar surface area (TPSA) is 58.4 Å². The van der Waals surface area contributed by atoms with Gasteiger partial charge in [0.2, 0.25) is 5.91 Å². The molecule has 6 heteroatoms. The third kappa shape index (κ3) is 4.43. The van der Waals surface area contributed by atoms with Crippen molar-refractivity contribution in [3.05, 3.63) is 113 Å². The summed E-state index contributed by atoms with van der Waals surface area (Å²) in [7, 11) is 0. The van der Waals surface area contributed by atoms with E-state index in [-0.39, 0.29) is 24.1 Å². The number of piperazine rings is 1. The van der Waals surface area contributed by atoms with Gasteiger partial charge < -0.3 is 4.90 Å². The summed E-state index contributed by atoms with van der Waals surface area (Å²) in [6.45, 7) is 2.83. The number of fused-ring (bicyclic) bond motifs is 1. The Balaban J connectivity index is 1.32. The van der Waals surface area contributed by atoms with E-state index in [0.717, 1.165) is 13.1 Å². The van der Waals surface area contributed by atoms with Crippen LogP contribution in [0.2, 0.25) is 0 Å². The molecule has 1 aliphatic heterocycles. The van der Waals surface area contributed by atoms with Crippen LogP contribution >= 0.6 is 0 Å². The van der Waals surface area contributed by atoms with Gasteiger partial charge in [-0.05, 0) is 23.3 Å². The lowest BCUT2D eigenvalue weighted by molar-refractivity contribution is -0.133. The third-order valence-corrected chi connectivity index (χ3v) is 6.31. The average molecular weight is 439 g/mol. The number of hydrogen-bond donors (Lipinski definition) is 0. The Morgan fingerprint density at radius 3 is 2.00 bits per heavy atom. The highest BCUT2D eigenvalue weighted by Gasteiger charge is 2.28. The average Bonchev–Trinajstić information content (AvgIpc) is 2.87. The summed E-state index contributed by atoms with van der Waals surface area (Å²) < 4.78 is 1.52. The maximum atomic E-state index is 13.1. The quantitative estimate of drug-likeness (QED) is 0.480. The normalized spacial score (nSPS) is 14.6. The van der Waals surface area contributed by atoms with E-state index in [0.29, 0.717) is 24.1 Å². The molecular weight excluding hydrogens is 412 g/mol. The largest absolute Gasteiger partial charge is 0.339 e. The second-order valence-electron chi connectivity index (χ2n) is 8.31. The Morgan fingerprint density at radius 1 is 0.788 bits per heavy atom. The van der Waals surface area contributed by atoms with Gasteiger partial charge in [-0.15, -0.1) is 0 Å². The van der Waals surface area contributed by atoms with Gasteiger partial charge in [0.25, 0.3) is 5.56 Å². The summed E-state index contributed by atoms with van der Waals surface area (Å²) in [6.07, 6.45) is 1.29.